The van der Waals surface area contributed by atoms with Gasteiger partial charge in [-0.1, -0.05) is 22.0 Å². The van der Waals surface area contributed by atoms with E-state index < -0.39 is 0 Å². The molecule has 0 bridgehead atoms. The van der Waals surface area contributed by atoms with E-state index in [1.807, 2.05) is 25.1 Å². The summed E-state index contributed by atoms with van der Waals surface area (Å²) in [4.78, 5) is 8.58. The quantitative estimate of drug-likeness (QED) is 0.574. The minimum Gasteiger partial charge on any atom is -0.377 e. The van der Waals surface area contributed by atoms with Crippen LogP contribution in [-0.4, -0.2) is 17.1 Å². The minimum absolute atomic E-state index is 0.321. The van der Waals surface area contributed by atoms with Crippen LogP contribution < -0.4 is 16.6 Å². The molecular weight excluding hydrogens is 322 g/mol. The van der Waals surface area contributed by atoms with E-state index in [0.717, 1.165) is 15.7 Å². The van der Waals surface area contributed by atoms with Crippen molar-refractivity contribution in [1.29, 1.82) is 0 Å². The van der Waals surface area contributed by atoms with E-state index in [1.54, 1.807) is 13.2 Å². The number of hydrogen-bond donors (Lipinski definition) is 3. The van der Waals surface area contributed by atoms with Crippen LogP contribution >= 0.6 is 15.9 Å². The summed E-state index contributed by atoms with van der Waals surface area (Å²) in [5, 5.41) is 3.25. The fourth-order valence-corrected chi connectivity index (χ4v) is 2.06. The summed E-state index contributed by atoms with van der Waals surface area (Å²) in [5.41, 5.74) is 4.60. The molecule has 0 amide bonds. The van der Waals surface area contributed by atoms with Crippen LogP contribution in [0.1, 0.15) is 11.4 Å². The van der Waals surface area contributed by atoms with Crippen molar-refractivity contribution in [2.45, 2.75) is 13.5 Å². The third-order valence-electron chi connectivity index (χ3n) is 2.66. The van der Waals surface area contributed by atoms with Gasteiger partial charge in [0.1, 0.15) is 18.2 Å². The van der Waals surface area contributed by atoms with E-state index in [1.165, 1.54) is 0 Å². The Morgan fingerprint density at radius 3 is 2.70 bits per heavy atom. The Balaban J connectivity index is 2.32. The standard InChI is InChI=1S/C13H16BrN5O/c1-8-3-4-9(14)5-10(8)16-11-6-12(19-15)18-13(17-11)7-20-2/h3-6H,7,15H2,1-2H3,(H2,16,17,18,19). The highest BCUT2D eigenvalue weighted by Gasteiger charge is 2.06. The lowest BCUT2D eigenvalue weighted by atomic mass is 10.2. The second-order valence-corrected chi connectivity index (χ2v) is 5.13. The van der Waals surface area contributed by atoms with Gasteiger partial charge < -0.3 is 15.5 Å². The molecule has 0 unspecified atom stereocenters. The van der Waals surface area contributed by atoms with E-state index >= 15 is 0 Å². The largest absolute Gasteiger partial charge is 0.377 e. The Morgan fingerprint density at radius 1 is 1.25 bits per heavy atom. The number of ether oxygens (including phenoxy) is 1. The molecule has 0 aliphatic rings. The van der Waals surface area contributed by atoms with Crippen molar-refractivity contribution in [3.05, 3.63) is 40.1 Å². The zero-order valence-electron chi connectivity index (χ0n) is 11.3. The third-order valence-corrected chi connectivity index (χ3v) is 3.15. The molecule has 106 valence electrons. The molecule has 7 heteroatoms. The molecule has 2 rings (SSSR count). The van der Waals surface area contributed by atoms with Gasteiger partial charge in [-0.05, 0) is 24.6 Å². The molecule has 0 aliphatic heterocycles. The first-order chi connectivity index (χ1) is 9.62. The number of hydrogen-bond acceptors (Lipinski definition) is 6. The highest BCUT2D eigenvalue weighted by atomic mass is 79.9. The van der Waals surface area contributed by atoms with Crippen LogP contribution in [0.3, 0.4) is 0 Å². The molecular formula is C13H16BrN5O. The van der Waals surface area contributed by atoms with Crippen LogP contribution in [-0.2, 0) is 11.3 Å². The molecule has 1 heterocycles. The van der Waals surface area contributed by atoms with Gasteiger partial charge in [-0.15, -0.1) is 0 Å². The molecule has 0 aliphatic carbocycles. The lowest BCUT2D eigenvalue weighted by Crippen LogP contribution is -2.12. The highest BCUT2D eigenvalue weighted by molar-refractivity contribution is 9.10. The maximum Gasteiger partial charge on any atom is 0.158 e. The van der Waals surface area contributed by atoms with Gasteiger partial charge in [-0.3, -0.25) is 0 Å². The number of nitrogens with zero attached hydrogens (tertiary/aromatic N) is 2. The van der Waals surface area contributed by atoms with Gasteiger partial charge in [0.15, 0.2) is 5.82 Å². The number of aromatic nitrogens is 2. The lowest BCUT2D eigenvalue weighted by molar-refractivity contribution is 0.178. The minimum atomic E-state index is 0.321. The molecule has 1 aromatic heterocycles. The Labute approximate surface area is 125 Å². The number of nitrogens with one attached hydrogen (secondary N) is 2. The molecule has 0 radical (unpaired) electrons. The molecule has 0 saturated carbocycles. The first kappa shape index (κ1) is 14.7. The molecule has 0 saturated heterocycles. The van der Waals surface area contributed by atoms with Crippen LogP contribution in [0.5, 0.6) is 0 Å². The lowest BCUT2D eigenvalue weighted by Gasteiger charge is -2.11. The summed E-state index contributed by atoms with van der Waals surface area (Å²) >= 11 is 3.45. The normalized spacial score (nSPS) is 10.4. The Hall–Kier alpha value is -1.70. The Kier molecular flexibility index (Phi) is 4.89. The van der Waals surface area contributed by atoms with Crippen LogP contribution in [0, 0.1) is 6.92 Å². The number of anilines is 3. The van der Waals surface area contributed by atoms with Crippen LogP contribution in [0.2, 0.25) is 0 Å². The van der Waals surface area contributed by atoms with Crippen molar-refractivity contribution in [2.24, 2.45) is 5.84 Å². The third kappa shape index (κ3) is 3.66. The van der Waals surface area contributed by atoms with Crippen LogP contribution in [0.15, 0.2) is 28.7 Å². The maximum absolute atomic E-state index is 5.41. The number of nitrogen functional groups attached to an aromatic ring is 1. The topological polar surface area (TPSA) is 85.1 Å². The summed E-state index contributed by atoms with van der Waals surface area (Å²) < 4.78 is 6.04. The van der Waals surface area contributed by atoms with E-state index in [2.05, 4.69) is 36.6 Å². The summed E-state index contributed by atoms with van der Waals surface area (Å²) in [6.07, 6.45) is 0. The van der Waals surface area contributed by atoms with E-state index in [9.17, 15) is 0 Å². The predicted octanol–water partition coefficient (Wildman–Crippen LogP) is 2.72. The van der Waals surface area contributed by atoms with Gasteiger partial charge in [0.2, 0.25) is 0 Å². The molecule has 0 fully saturated rings. The van der Waals surface area contributed by atoms with Crippen molar-refractivity contribution in [2.75, 3.05) is 17.9 Å². The van der Waals surface area contributed by atoms with Gasteiger partial charge in [0.05, 0.1) is 0 Å². The number of rotatable bonds is 5. The van der Waals surface area contributed by atoms with Crippen LogP contribution in [0.4, 0.5) is 17.3 Å². The number of halogens is 1. The van der Waals surface area contributed by atoms with Crippen molar-refractivity contribution >= 4 is 33.3 Å². The zero-order valence-corrected chi connectivity index (χ0v) is 12.9. The van der Waals surface area contributed by atoms with Crippen LogP contribution in [0.25, 0.3) is 0 Å². The van der Waals surface area contributed by atoms with Crippen molar-refractivity contribution in [1.82, 2.24) is 9.97 Å². The maximum atomic E-state index is 5.41. The van der Waals surface area contributed by atoms with Gasteiger partial charge in [0, 0.05) is 23.3 Å². The van der Waals surface area contributed by atoms with Gasteiger partial charge in [-0.25, -0.2) is 15.8 Å². The second kappa shape index (κ2) is 6.65. The van der Waals surface area contributed by atoms with E-state index in [0.29, 0.717) is 24.1 Å². The first-order valence-corrected chi connectivity index (χ1v) is 6.78. The molecule has 6 nitrogen and oxygen atoms in total. The van der Waals surface area contributed by atoms with Gasteiger partial charge in [-0.2, -0.15) is 0 Å². The average Bonchev–Trinajstić information content (AvgIpc) is 2.43. The molecule has 2 aromatic rings. The molecule has 4 N–H and O–H groups in total. The molecule has 20 heavy (non-hydrogen) atoms. The summed E-state index contributed by atoms with van der Waals surface area (Å²) in [7, 11) is 1.59. The van der Waals surface area contributed by atoms with E-state index in [4.69, 9.17) is 10.6 Å². The first-order valence-electron chi connectivity index (χ1n) is 5.99. The SMILES string of the molecule is COCc1nc(NN)cc(Nc2cc(Br)ccc2C)n1. The number of methoxy groups -OCH3 is 1. The average molecular weight is 338 g/mol. The van der Waals surface area contributed by atoms with Crippen molar-refractivity contribution in [3.8, 4) is 0 Å². The monoisotopic (exact) mass is 337 g/mol. The number of benzene rings is 1. The zero-order chi connectivity index (χ0) is 14.5. The summed E-state index contributed by atoms with van der Waals surface area (Å²) in [6.45, 7) is 2.34. The highest BCUT2D eigenvalue weighted by Crippen LogP contribution is 2.24. The Bertz CT molecular complexity index is 605. The van der Waals surface area contributed by atoms with Crippen molar-refractivity contribution < 1.29 is 4.74 Å². The van der Waals surface area contributed by atoms with Crippen molar-refractivity contribution in [3.63, 3.8) is 0 Å². The van der Waals surface area contributed by atoms with E-state index in [-0.39, 0.29) is 0 Å². The molecule has 0 atom stereocenters. The number of nitrogens with two attached hydrogens (primary N) is 1. The number of aryl methyl sites for hydroxylation is 1. The summed E-state index contributed by atoms with van der Waals surface area (Å²) in [5.74, 6) is 7.15. The smallest absolute Gasteiger partial charge is 0.158 e. The predicted molar refractivity (Wildman–Crippen MR) is 82.7 cm³/mol. The Morgan fingerprint density at radius 2 is 2.00 bits per heavy atom. The fraction of sp³-hybridized carbons (Fsp3) is 0.231. The molecule has 0 spiro atoms. The second-order valence-electron chi connectivity index (χ2n) is 4.22. The fourth-order valence-electron chi connectivity index (χ4n) is 1.70. The van der Waals surface area contributed by atoms with Gasteiger partial charge in [0.25, 0.3) is 0 Å². The summed E-state index contributed by atoms with van der Waals surface area (Å²) in [6, 6.07) is 7.73. The number of hydrazine groups is 1. The van der Waals surface area contributed by atoms with Gasteiger partial charge >= 0.3 is 0 Å². The molecule has 1 aromatic carbocycles.